The zero-order valence-corrected chi connectivity index (χ0v) is 17.5. The molecule has 0 bridgehead atoms. The molecule has 1 N–H and O–H groups in total. The van der Waals surface area contributed by atoms with Gasteiger partial charge in [-0.1, -0.05) is 66.7 Å². The summed E-state index contributed by atoms with van der Waals surface area (Å²) in [4.78, 5) is 25.1. The van der Waals surface area contributed by atoms with Crippen LogP contribution in [0.3, 0.4) is 0 Å². The molecule has 0 radical (unpaired) electrons. The minimum atomic E-state index is -0.776. The monoisotopic (exact) mass is 419 g/mol. The van der Waals surface area contributed by atoms with Crippen LogP contribution in [0.1, 0.15) is 22.6 Å². The average molecular weight is 419 g/mol. The molecule has 0 fully saturated rings. The highest BCUT2D eigenvalue weighted by atomic mass is 16.5. The van der Waals surface area contributed by atoms with Crippen molar-refractivity contribution in [3.63, 3.8) is 0 Å². The molecule has 3 aromatic carbocycles. The molecule has 0 aromatic heterocycles. The van der Waals surface area contributed by atoms with Crippen LogP contribution in [0.2, 0.25) is 0 Å². The summed E-state index contributed by atoms with van der Waals surface area (Å²) >= 11 is 0. The van der Waals surface area contributed by atoms with Crippen LogP contribution in [0.15, 0.2) is 78.9 Å². The van der Waals surface area contributed by atoms with E-state index in [2.05, 4.69) is 5.32 Å². The lowest BCUT2D eigenvalue weighted by molar-refractivity contribution is -0.121. The summed E-state index contributed by atoms with van der Waals surface area (Å²) in [6.07, 6.45) is -0.301. The van der Waals surface area contributed by atoms with E-state index < -0.39 is 17.9 Å². The number of ether oxygens (including phenoxy) is 3. The van der Waals surface area contributed by atoms with Crippen molar-refractivity contribution in [1.82, 2.24) is 5.32 Å². The number of rotatable bonds is 8. The van der Waals surface area contributed by atoms with Gasteiger partial charge in [-0.25, -0.2) is 4.79 Å². The van der Waals surface area contributed by atoms with Crippen molar-refractivity contribution in [3.8, 4) is 11.5 Å². The summed E-state index contributed by atoms with van der Waals surface area (Å²) in [6.45, 7) is 0.121. The summed E-state index contributed by atoms with van der Waals surface area (Å²) in [6, 6.07) is 24.1. The Bertz CT molecular complexity index is 965. The van der Waals surface area contributed by atoms with Gasteiger partial charge in [0.25, 0.3) is 0 Å². The fourth-order valence-corrected chi connectivity index (χ4v) is 3.29. The topological polar surface area (TPSA) is 73.9 Å². The van der Waals surface area contributed by atoms with Crippen molar-refractivity contribution in [2.75, 3.05) is 20.8 Å². The fraction of sp³-hybridized carbons (Fsp3) is 0.200. The molecule has 0 heterocycles. The van der Waals surface area contributed by atoms with E-state index in [4.69, 9.17) is 14.2 Å². The molecule has 3 aromatic rings. The predicted octanol–water partition coefficient (Wildman–Crippen LogP) is 4.33. The zero-order chi connectivity index (χ0) is 22.1. The Labute approximate surface area is 181 Å². The average Bonchev–Trinajstić information content (AvgIpc) is 2.80. The van der Waals surface area contributed by atoms with Gasteiger partial charge in [0.1, 0.15) is 0 Å². The zero-order valence-electron chi connectivity index (χ0n) is 17.5. The van der Waals surface area contributed by atoms with Gasteiger partial charge in [0.15, 0.2) is 11.5 Å². The van der Waals surface area contributed by atoms with Crippen LogP contribution in [0, 0.1) is 0 Å². The van der Waals surface area contributed by atoms with Crippen molar-refractivity contribution < 1.29 is 23.8 Å². The van der Waals surface area contributed by atoms with Crippen molar-refractivity contribution >= 4 is 12.0 Å². The lowest BCUT2D eigenvalue weighted by Gasteiger charge is -2.17. The third kappa shape index (κ3) is 5.85. The van der Waals surface area contributed by atoms with Gasteiger partial charge < -0.3 is 14.2 Å². The van der Waals surface area contributed by atoms with Gasteiger partial charge in [0.05, 0.1) is 26.7 Å². The molecule has 31 heavy (non-hydrogen) atoms. The van der Waals surface area contributed by atoms with Crippen molar-refractivity contribution in [2.24, 2.45) is 0 Å². The van der Waals surface area contributed by atoms with Gasteiger partial charge in [0.2, 0.25) is 5.91 Å². The molecule has 3 rings (SSSR count). The van der Waals surface area contributed by atoms with E-state index in [1.165, 1.54) is 0 Å². The number of nitrogens with one attached hydrogen (secondary N) is 1. The van der Waals surface area contributed by atoms with Crippen LogP contribution in [-0.4, -0.2) is 32.8 Å². The molecule has 160 valence electrons. The van der Waals surface area contributed by atoms with Crippen LogP contribution in [0.25, 0.3) is 0 Å². The molecule has 2 amide bonds. The van der Waals surface area contributed by atoms with Gasteiger partial charge in [0, 0.05) is 6.42 Å². The number of imide groups is 1. The number of methoxy groups -OCH3 is 2. The first-order valence-corrected chi connectivity index (χ1v) is 9.90. The fourth-order valence-electron chi connectivity index (χ4n) is 3.29. The molecule has 0 aliphatic rings. The summed E-state index contributed by atoms with van der Waals surface area (Å²) < 4.78 is 15.7. The Balaban J connectivity index is 1.60. The normalized spacial score (nSPS) is 10.4. The number of amides is 2. The van der Waals surface area contributed by atoms with Crippen LogP contribution in [0.4, 0.5) is 4.79 Å². The van der Waals surface area contributed by atoms with Crippen LogP contribution < -0.4 is 14.8 Å². The molecule has 6 nitrogen and oxygen atoms in total. The van der Waals surface area contributed by atoms with E-state index in [1.807, 2.05) is 72.8 Å². The summed E-state index contributed by atoms with van der Waals surface area (Å²) in [5.74, 6) is 0.186. The Hall–Kier alpha value is -3.80. The number of benzene rings is 3. The molecule has 0 unspecified atom stereocenters. The van der Waals surface area contributed by atoms with Gasteiger partial charge >= 0.3 is 6.09 Å². The lowest BCUT2D eigenvalue weighted by Crippen LogP contribution is -2.35. The van der Waals surface area contributed by atoms with Gasteiger partial charge in [-0.05, 0) is 28.8 Å². The molecule has 0 aliphatic carbocycles. The quantitative estimate of drug-likeness (QED) is 0.588. The third-order valence-electron chi connectivity index (χ3n) is 4.83. The molecular weight excluding hydrogens is 394 g/mol. The number of alkyl carbamates (subject to hydrolysis) is 1. The van der Waals surface area contributed by atoms with Crippen LogP contribution in [-0.2, 0) is 16.0 Å². The standard InChI is InChI=1S/C25H25NO5/c1-29-21-14-13-18(17-22(21)30-2)15-16-31-25(28)26-24(27)23(19-9-5-3-6-10-19)20-11-7-4-8-12-20/h3-14,17,23H,15-16H2,1-2H3,(H,26,27,28). The van der Waals surface area contributed by atoms with Crippen molar-refractivity contribution in [1.29, 1.82) is 0 Å². The van der Waals surface area contributed by atoms with E-state index in [9.17, 15) is 9.59 Å². The largest absolute Gasteiger partial charge is 0.493 e. The molecule has 0 atom stereocenters. The summed E-state index contributed by atoms with van der Waals surface area (Å²) in [5, 5.41) is 2.36. The maximum atomic E-state index is 12.9. The SMILES string of the molecule is COc1ccc(CCOC(=O)NC(=O)C(c2ccccc2)c2ccccc2)cc1OC. The Morgan fingerprint density at radius 3 is 1.94 bits per heavy atom. The van der Waals surface area contributed by atoms with E-state index >= 15 is 0 Å². The summed E-state index contributed by atoms with van der Waals surface area (Å²) in [5.41, 5.74) is 2.51. The number of hydrogen-bond acceptors (Lipinski definition) is 5. The van der Waals surface area contributed by atoms with E-state index in [0.29, 0.717) is 17.9 Å². The second-order valence-corrected chi connectivity index (χ2v) is 6.82. The highest BCUT2D eigenvalue weighted by molar-refractivity contribution is 5.97. The van der Waals surface area contributed by atoms with Gasteiger partial charge in [-0.2, -0.15) is 0 Å². The Kier molecular flexibility index (Phi) is 7.65. The van der Waals surface area contributed by atoms with Crippen molar-refractivity contribution in [3.05, 3.63) is 95.6 Å². The Morgan fingerprint density at radius 2 is 1.39 bits per heavy atom. The minimum absolute atomic E-state index is 0.121. The molecule has 0 saturated carbocycles. The lowest BCUT2D eigenvalue weighted by atomic mass is 9.90. The minimum Gasteiger partial charge on any atom is -0.493 e. The molecule has 0 saturated heterocycles. The maximum absolute atomic E-state index is 12.9. The van der Waals surface area contributed by atoms with Crippen molar-refractivity contribution in [2.45, 2.75) is 12.3 Å². The first kappa shape index (κ1) is 21.9. The first-order valence-electron chi connectivity index (χ1n) is 9.90. The number of carbonyl (C=O) groups excluding carboxylic acids is 2. The number of carbonyl (C=O) groups is 2. The maximum Gasteiger partial charge on any atom is 0.413 e. The van der Waals surface area contributed by atoms with E-state index in [1.54, 1.807) is 20.3 Å². The molecular formula is C25H25NO5. The van der Waals surface area contributed by atoms with Gasteiger partial charge in [-0.3, -0.25) is 10.1 Å². The van der Waals surface area contributed by atoms with E-state index in [-0.39, 0.29) is 6.61 Å². The smallest absolute Gasteiger partial charge is 0.413 e. The third-order valence-corrected chi connectivity index (χ3v) is 4.83. The Morgan fingerprint density at radius 1 is 0.806 bits per heavy atom. The summed E-state index contributed by atoms with van der Waals surface area (Å²) in [7, 11) is 3.13. The first-order chi connectivity index (χ1) is 15.1. The molecule has 0 aliphatic heterocycles. The molecule has 0 spiro atoms. The number of hydrogen-bond donors (Lipinski definition) is 1. The second-order valence-electron chi connectivity index (χ2n) is 6.82. The van der Waals surface area contributed by atoms with Gasteiger partial charge in [-0.15, -0.1) is 0 Å². The predicted molar refractivity (Wildman–Crippen MR) is 117 cm³/mol. The highest BCUT2D eigenvalue weighted by Gasteiger charge is 2.24. The van der Waals surface area contributed by atoms with Crippen LogP contribution in [0.5, 0.6) is 11.5 Å². The molecule has 6 heteroatoms. The highest BCUT2D eigenvalue weighted by Crippen LogP contribution is 2.28. The second kappa shape index (κ2) is 10.8. The van der Waals surface area contributed by atoms with Crippen LogP contribution >= 0.6 is 0 Å². The van der Waals surface area contributed by atoms with E-state index in [0.717, 1.165) is 16.7 Å².